The summed E-state index contributed by atoms with van der Waals surface area (Å²) < 4.78 is 65.3. The van der Waals surface area contributed by atoms with Gasteiger partial charge in [-0.05, 0) is 39.0 Å². The van der Waals surface area contributed by atoms with Crippen molar-refractivity contribution in [3.63, 3.8) is 0 Å². The molecular weight excluding hydrogens is 440 g/mol. The van der Waals surface area contributed by atoms with Crippen molar-refractivity contribution in [3.05, 3.63) is 58.4 Å². The normalized spacial score (nSPS) is 22.4. The second kappa shape index (κ2) is 7.76. The number of pyridine rings is 1. The smallest absolute Gasteiger partial charge is 0.304 e. The van der Waals surface area contributed by atoms with Crippen molar-refractivity contribution in [1.82, 2.24) is 4.98 Å². The highest BCUT2D eigenvalue weighted by Crippen LogP contribution is 2.51. The monoisotopic (exact) mass is 458 g/mol. The topological polar surface area (TPSA) is 89.6 Å². The Balaban J connectivity index is 2.10. The molecular formula is C20H19ClF4N4O2. The van der Waals surface area contributed by atoms with Crippen LogP contribution < -0.4 is 11.1 Å². The van der Waals surface area contributed by atoms with Crippen LogP contribution in [0.2, 0.25) is 5.02 Å². The van der Waals surface area contributed by atoms with Gasteiger partial charge >= 0.3 is 5.92 Å². The fraction of sp³-hybridized carbons (Fsp3) is 0.350. The van der Waals surface area contributed by atoms with Gasteiger partial charge in [0.1, 0.15) is 35.4 Å². The molecule has 1 aromatic carbocycles. The maximum absolute atomic E-state index is 15.5. The molecule has 31 heavy (non-hydrogen) atoms. The van der Waals surface area contributed by atoms with E-state index in [-0.39, 0.29) is 16.6 Å². The van der Waals surface area contributed by atoms with Crippen molar-refractivity contribution in [3.8, 4) is 0 Å². The van der Waals surface area contributed by atoms with Crippen LogP contribution in [0.4, 0.5) is 23.2 Å². The summed E-state index contributed by atoms with van der Waals surface area (Å²) in [5, 5.41) is 2.48. The Morgan fingerprint density at radius 3 is 2.48 bits per heavy atom. The zero-order valence-corrected chi connectivity index (χ0v) is 17.5. The molecule has 11 heteroatoms. The average molecular weight is 459 g/mol. The van der Waals surface area contributed by atoms with Gasteiger partial charge < -0.3 is 15.8 Å². The number of halogens is 5. The van der Waals surface area contributed by atoms with Crippen molar-refractivity contribution in [2.45, 2.75) is 37.8 Å². The molecule has 3 rings (SSSR count). The van der Waals surface area contributed by atoms with Crippen LogP contribution in [-0.4, -0.2) is 34.9 Å². The molecule has 2 aromatic rings. The minimum atomic E-state index is -3.77. The van der Waals surface area contributed by atoms with Gasteiger partial charge in [-0.25, -0.2) is 22.5 Å². The van der Waals surface area contributed by atoms with Crippen LogP contribution in [0.15, 0.2) is 35.5 Å². The third-order valence-corrected chi connectivity index (χ3v) is 5.33. The number of aliphatic imine (C=N–C) groups is 1. The Hall–Kier alpha value is -2.72. The number of carbonyl (C=O) groups excluding carboxylic acids is 1. The highest BCUT2D eigenvalue weighted by Gasteiger charge is 2.64. The predicted octanol–water partition coefficient (Wildman–Crippen LogP) is 4.28. The van der Waals surface area contributed by atoms with Crippen LogP contribution in [0, 0.1) is 11.6 Å². The lowest BCUT2D eigenvalue weighted by Gasteiger charge is -2.42. The van der Waals surface area contributed by atoms with Crippen LogP contribution in [-0.2, 0) is 10.3 Å². The van der Waals surface area contributed by atoms with E-state index in [1.54, 1.807) is 0 Å². The molecule has 1 aromatic heterocycles. The van der Waals surface area contributed by atoms with E-state index >= 15 is 8.78 Å². The number of nitrogens with one attached hydrogen (secondary N) is 1. The number of amidine groups is 1. The zero-order valence-electron chi connectivity index (χ0n) is 16.8. The minimum Gasteiger partial charge on any atom is -0.385 e. The molecule has 1 aliphatic rings. The Kier molecular flexibility index (Phi) is 5.74. The van der Waals surface area contributed by atoms with Crippen molar-refractivity contribution in [2.24, 2.45) is 10.7 Å². The quantitative estimate of drug-likeness (QED) is 0.672. The number of rotatable bonds is 3. The van der Waals surface area contributed by atoms with Crippen molar-refractivity contribution >= 4 is 29.0 Å². The number of benzene rings is 1. The number of hydrogen-bond acceptors (Lipinski definition) is 5. The number of carbonyl (C=O) groups is 1. The van der Waals surface area contributed by atoms with Gasteiger partial charge in [0.25, 0.3) is 5.91 Å². The summed E-state index contributed by atoms with van der Waals surface area (Å²) in [5.41, 5.74) is -0.261. The number of nitrogens with two attached hydrogens (primary N) is 1. The van der Waals surface area contributed by atoms with Crippen LogP contribution in [0.25, 0.3) is 0 Å². The Bertz CT molecular complexity index is 1060. The molecule has 1 aliphatic heterocycles. The molecule has 0 bridgehead atoms. The van der Waals surface area contributed by atoms with E-state index in [0.717, 1.165) is 26.8 Å². The number of hydrogen-bond donors (Lipinski definition) is 2. The van der Waals surface area contributed by atoms with Gasteiger partial charge in [-0.2, -0.15) is 0 Å². The summed E-state index contributed by atoms with van der Waals surface area (Å²) in [7, 11) is 0. The standard InChI is InChI=1S/C20H19ClF4N4O2/c1-18(2)20(24,25)19(3,29-16(26)9-31-18)11-6-15(13(23)7-12(11)22)28-17(30)14-5-4-10(21)8-27-14/h4-8H,9H2,1-3H3,(H2,26,29)(H,28,30)/t19-/m1/s1. The summed E-state index contributed by atoms with van der Waals surface area (Å²) in [6, 6.07) is 3.84. The van der Waals surface area contributed by atoms with E-state index in [0.29, 0.717) is 6.07 Å². The third-order valence-electron chi connectivity index (χ3n) is 5.11. The Morgan fingerprint density at radius 2 is 1.87 bits per heavy atom. The SMILES string of the molecule is CC1(C)OCC(N)=N[C@](C)(c2cc(NC(=O)c3ccc(Cl)cn3)c(F)cc2F)C1(F)F. The molecule has 0 fully saturated rings. The van der Waals surface area contributed by atoms with Crippen LogP contribution in [0.5, 0.6) is 0 Å². The lowest BCUT2D eigenvalue weighted by molar-refractivity contribution is -0.214. The fourth-order valence-electron chi connectivity index (χ4n) is 3.26. The van der Waals surface area contributed by atoms with E-state index in [4.69, 9.17) is 22.1 Å². The summed E-state index contributed by atoms with van der Waals surface area (Å²) in [5.74, 6) is -7.35. The molecule has 0 aliphatic carbocycles. The van der Waals surface area contributed by atoms with Crippen LogP contribution in [0.1, 0.15) is 36.8 Å². The largest absolute Gasteiger partial charge is 0.385 e. The zero-order chi connectivity index (χ0) is 23.2. The predicted molar refractivity (Wildman–Crippen MR) is 108 cm³/mol. The molecule has 0 saturated heterocycles. The number of amides is 1. The molecule has 0 unspecified atom stereocenters. The number of ether oxygens (including phenoxy) is 1. The molecule has 0 saturated carbocycles. The molecule has 1 amide bonds. The maximum Gasteiger partial charge on any atom is 0.304 e. The molecule has 3 N–H and O–H groups in total. The number of alkyl halides is 2. The number of anilines is 1. The Labute approximate surface area is 180 Å². The summed E-state index contributed by atoms with van der Waals surface area (Å²) >= 11 is 5.72. The molecule has 6 nitrogen and oxygen atoms in total. The summed E-state index contributed by atoms with van der Waals surface area (Å²) in [4.78, 5) is 20.0. The van der Waals surface area contributed by atoms with Crippen molar-refractivity contribution in [2.75, 3.05) is 11.9 Å². The lowest BCUT2D eigenvalue weighted by atomic mass is 9.78. The summed E-state index contributed by atoms with van der Waals surface area (Å²) in [6.45, 7) is 2.82. The van der Waals surface area contributed by atoms with Crippen LogP contribution >= 0.6 is 11.6 Å². The van der Waals surface area contributed by atoms with Gasteiger partial charge in [-0.3, -0.25) is 9.79 Å². The second-order valence-electron chi connectivity index (χ2n) is 7.68. The van der Waals surface area contributed by atoms with E-state index in [1.165, 1.54) is 18.3 Å². The van der Waals surface area contributed by atoms with Gasteiger partial charge in [-0.1, -0.05) is 11.6 Å². The highest BCUT2D eigenvalue weighted by molar-refractivity contribution is 6.30. The van der Waals surface area contributed by atoms with E-state index in [9.17, 15) is 13.6 Å². The number of nitrogens with zero attached hydrogens (tertiary/aromatic N) is 2. The summed E-state index contributed by atoms with van der Waals surface area (Å²) in [6.07, 6.45) is 1.20. The van der Waals surface area contributed by atoms with Gasteiger partial charge in [0, 0.05) is 17.8 Å². The molecule has 166 valence electrons. The lowest BCUT2D eigenvalue weighted by Crippen LogP contribution is -2.56. The Morgan fingerprint density at radius 1 is 1.19 bits per heavy atom. The molecule has 0 spiro atoms. The third kappa shape index (κ3) is 3.97. The minimum absolute atomic E-state index is 0.113. The van der Waals surface area contributed by atoms with Crippen LogP contribution in [0.3, 0.4) is 0 Å². The van der Waals surface area contributed by atoms with E-state index in [1.807, 2.05) is 0 Å². The molecule has 0 radical (unpaired) electrons. The number of aromatic nitrogens is 1. The van der Waals surface area contributed by atoms with Gasteiger partial charge in [0.2, 0.25) is 0 Å². The van der Waals surface area contributed by atoms with Crippen molar-refractivity contribution in [1.29, 1.82) is 0 Å². The van der Waals surface area contributed by atoms with Gasteiger partial charge in [-0.15, -0.1) is 0 Å². The first-order valence-electron chi connectivity index (χ1n) is 9.07. The second-order valence-corrected chi connectivity index (χ2v) is 8.11. The van der Waals surface area contributed by atoms with Gasteiger partial charge in [0.05, 0.1) is 10.7 Å². The average Bonchev–Trinajstić information content (AvgIpc) is 2.73. The maximum atomic E-state index is 15.5. The van der Waals surface area contributed by atoms with E-state index in [2.05, 4.69) is 15.3 Å². The van der Waals surface area contributed by atoms with Gasteiger partial charge in [0.15, 0.2) is 5.54 Å². The van der Waals surface area contributed by atoms with Crippen molar-refractivity contribution < 1.29 is 27.1 Å². The molecule has 1 atom stereocenters. The highest BCUT2D eigenvalue weighted by atomic mass is 35.5. The molecule has 2 heterocycles. The first-order valence-corrected chi connectivity index (χ1v) is 9.45. The fourth-order valence-corrected chi connectivity index (χ4v) is 3.38. The van der Waals surface area contributed by atoms with E-state index < -0.39 is 52.5 Å². The first-order chi connectivity index (χ1) is 14.3. The first kappa shape index (κ1) is 23.0.